The van der Waals surface area contributed by atoms with Crippen LogP contribution in [-0.2, 0) is 0 Å². The molecule has 1 atom stereocenters. The number of fused-ring (bicyclic) bond motifs is 1. The molecule has 1 aliphatic rings. The molecule has 4 nitrogen and oxygen atoms in total. The molecule has 2 N–H and O–H groups in total. The van der Waals surface area contributed by atoms with Gasteiger partial charge in [0.2, 0.25) is 5.82 Å². The van der Waals surface area contributed by atoms with E-state index in [0.717, 1.165) is 11.3 Å². The van der Waals surface area contributed by atoms with Crippen molar-refractivity contribution < 1.29 is 27.8 Å². The topological polar surface area (TPSA) is 58.6 Å². The van der Waals surface area contributed by atoms with Crippen molar-refractivity contribution in [3.63, 3.8) is 0 Å². The molecule has 126 valence electrons. The lowest BCUT2D eigenvalue weighted by Crippen LogP contribution is -2.31. The molecule has 0 saturated heterocycles. The van der Waals surface area contributed by atoms with Crippen LogP contribution in [0.15, 0.2) is 30.3 Å². The molecule has 0 unspecified atom stereocenters. The number of nitrogens with one attached hydrogen (secondary N) is 1. The van der Waals surface area contributed by atoms with Gasteiger partial charge in [-0.3, -0.25) is 4.79 Å². The molecule has 3 rings (SSSR count). The molecule has 1 aliphatic heterocycles. The van der Waals surface area contributed by atoms with E-state index in [-0.39, 0.29) is 12.5 Å². The minimum absolute atomic E-state index is 0.0409. The summed E-state index contributed by atoms with van der Waals surface area (Å²) in [4.78, 5) is 12.1. The molecular weight excluding hydrogens is 323 g/mol. The number of rotatable bonds is 3. The Morgan fingerprint density at radius 2 is 2.00 bits per heavy atom. The Labute approximate surface area is 135 Å². The van der Waals surface area contributed by atoms with Gasteiger partial charge in [0.25, 0.3) is 5.91 Å². The molecule has 0 aliphatic carbocycles. The van der Waals surface area contributed by atoms with Gasteiger partial charge in [-0.15, -0.1) is 0 Å². The van der Waals surface area contributed by atoms with Gasteiger partial charge in [-0.05, 0) is 24.1 Å². The summed E-state index contributed by atoms with van der Waals surface area (Å²) in [6, 6.07) is 7.79. The number of halogens is 3. The van der Waals surface area contributed by atoms with Gasteiger partial charge in [-0.2, -0.15) is 4.39 Å². The first kappa shape index (κ1) is 16.2. The highest BCUT2D eigenvalue weighted by Crippen LogP contribution is 2.33. The molecule has 2 aromatic carbocycles. The molecule has 0 saturated carbocycles. The van der Waals surface area contributed by atoms with Gasteiger partial charge in [0.05, 0.1) is 12.2 Å². The molecule has 0 radical (unpaired) electrons. The van der Waals surface area contributed by atoms with E-state index in [0.29, 0.717) is 19.1 Å². The van der Waals surface area contributed by atoms with Crippen molar-refractivity contribution in [2.45, 2.75) is 12.3 Å². The SMILES string of the molecule is O=C(NC[C@H]1CCOc2ccccc21)c1cc(F)c(F)c(O)c1F. The van der Waals surface area contributed by atoms with E-state index >= 15 is 0 Å². The maximum atomic E-state index is 13.8. The molecule has 0 fully saturated rings. The first-order valence-electron chi connectivity index (χ1n) is 7.35. The van der Waals surface area contributed by atoms with Gasteiger partial charge in [0, 0.05) is 12.5 Å². The predicted molar refractivity (Wildman–Crippen MR) is 79.6 cm³/mol. The maximum absolute atomic E-state index is 13.8. The third-order valence-corrected chi connectivity index (χ3v) is 3.97. The second-order valence-corrected chi connectivity index (χ2v) is 5.46. The average Bonchev–Trinajstić information content (AvgIpc) is 2.60. The average molecular weight is 337 g/mol. The number of aromatic hydroxyl groups is 1. The molecule has 24 heavy (non-hydrogen) atoms. The van der Waals surface area contributed by atoms with E-state index in [4.69, 9.17) is 4.74 Å². The summed E-state index contributed by atoms with van der Waals surface area (Å²) in [7, 11) is 0. The van der Waals surface area contributed by atoms with E-state index < -0.39 is 34.7 Å². The molecule has 1 heterocycles. The van der Waals surface area contributed by atoms with E-state index in [2.05, 4.69) is 5.32 Å². The fourth-order valence-electron chi connectivity index (χ4n) is 2.69. The molecule has 0 bridgehead atoms. The van der Waals surface area contributed by atoms with E-state index in [1.165, 1.54) is 0 Å². The number of benzene rings is 2. The Morgan fingerprint density at radius 3 is 2.79 bits per heavy atom. The predicted octanol–water partition coefficient (Wildman–Crippen LogP) is 3.11. The molecule has 0 spiro atoms. The molecule has 1 amide bonds. The minimum atomic E-state index is -1.72. The number of hydrogen-bond acceptors (Lipinski definition) is 3. The summed E-state index contributed by atoms with van der Waals surface area (Å²) < 4.78 is 45.6. The van der Waals surface area contributed by atoms with E-state index in [9.17, 15) is 23.1 Å². The highest BCUT2D eigenvalue weighted by atomic mass is 19.2. The van der Waals surface area contributed by atoms with Crippen LogP contribution in [0.5, 0.6) is 11.5 Å². The Morgan fingerprint density at radius 1 is 1.25 bits per heavy atom. The Kier molecular flexibility index (Phi) is 4.33. The Bertz CT molecular complexity index is 795. The smallest absolute Gasteiger partial charge is 0.254 e. The molecule has 2 aromatic rings. The second-order valence-electron chi connectivity index (χ2n) is 5.46. The highest BCUT2D eigenvalue weighted by molar-refractivity contribution is 5.95. The van der Waals surface area contributed by atoms with E-state index in [1.807, 2.05) is 24.3 Å². The second kappa shape index (κ2) is 6.43. The van der Waals surface area contributed by atoms with Crippen molar-refractivity contribution >= 4 is 5.91 Å². The lowest BCUT2D eigenvalue weighted by Gasteiger charge is -2.26. The fourth-order valence-corrected chi connectivity index (χ4v) is 2.69. The third kappa shape index (κ3) is 2.89. The standard InChI is InChI=1S/C17H14F3NO3/c18-12-7-11(14(19)16(22)15(12)20)17(23)21-8-9-5-6-24-13-4-2-1-3-10(9)13/h1-4,7,9,22H,5-6,8H2,(H,21,23)/t9-/m1/s1. The van der Waals surface area contributed by atoms with Crippen LogP contribution in [0, 0.1) is 17.5 Å². The van der Waals surface area contributed by atoms with Gasteiger partial charge >= 0.3 is 0 Å². The number of hydrogen-bond donors (Lipinski definition) is 2. The summed E-state index contributed by atoms with van der Waals surface area (Å²) in [6.45, 7) is 0.663. The van der Waals surface area contributed by atoms with Crippen LogP contribution in [0.3, 0.4) is 0 Å². The Hall–Kier alpha value is -2.70. The number of phenols is 1. The summed E-state index contributed by atoms with van der Waals surface area (Å²) in [5, 5.41) is 11.7. The van der Waals surface area contributed by atoms with Crippen molar-refractivity contribution in [1.82, 2.24) is 5.32 Å². The maximum Gasteiger partial charge on any atom is 0.254 e. The van der Waals surface area contributed by atoms with Crippen LogP contribution in [0.2, 0.25) is 0 Å². The number of amides is 1. The summed E-state index contributed by atoms with van der Waals surface area (Å²) in [5.74, 6) is -6.45. The number of para-hydroxylation sites is 1. The lowest BCUT2D eigenvalue weighted by atomic mass is 9.93. The van der Waals surface area contributed by atoms with Gasteiger partial charge in [0.15, 0.2) is 17.4 Å². The van der Waals surface area contributed by atoms with Gasteiger partial charge in [-0.1, -0.05) is 18.2 Å². The van der Waals surface area contributed by atoms with Crippen molar-refractivity contribution in [1.29, 1.82) is 0 Å². The van der Waals surface area contributed by atoms with Crippen LogP contribution >= 0.6 is 0 Å². The van der Waals surface area contributed by atoms with Crippen LogP contribution in [-0.4, -0.2) is 24.2 Å². The molecule has 0 aromatic heterocycles. The molecular formula is C17H14F3NO3. The number of ether oxygens (including phenoxy) is 1. The van der Waals surface area contributed by atoms with Crippen molar-refractivity contribution in [2.24, 2.45) is 0 Å². The number of phenolic OH excluding ortho intramolecular Hbond substituents is 1. The lowest BCUT2D eigenvalue weighted by molar-refractivity contribution is 0.0942. The van der Waals surface area contributed by atoms with Gasteiger partial charge < -0.3 is 15.2 Å². The van der Waals surface area contributed by atoms with Crippen molar-refractivity contribution in [3.05, 3.63) is 58.9 Å². The van der Waals surface area contributed by atoms with Gasteiger partial charge in [-0.25, -0.2) is 8.78 Å². The zero-order valence-corrected chi connectivity index (χ0v) is 12.5. The number of carbonyl (C=O) groups is 1. The zero-order valence-electron chi connectivity index (χ0n) is 12.5. The van der Waals surface area contributed by atoms with Crippen LogP contribution in [0.25, 0.3) is 0 Å². The first-order valence-corrected chi connectivity index (χ1v) is 7.35. The highest BCUT2D eigenvalue weighted by Gasteiger charge is 2.25. The number of carbonyl (C=O) groups excluding carboxylic acids is 1. The zero-order chi connectivity index (χ0) is 17.3. The Balaban J connectivity index is 1.76. The normalized spacial score (nSPS) is 16.2. The van der Waals surface area contributed by atoms with Crippen LogP contribution in [0.4, 0.5) is 13.2 Å². The third-order valence-electron chi connectivity index (χ3n) is 3.97. The van der Waals surface area contributed by atoms with E-state index in [1.54, 1.807) is 0 Å². The van der Waals surface area contributed by atoms with Crippen molar-refractivity contribution in [3.8, 4) is 11.5 Å². The first-order chi connectivity index (χ1) is 11.5. The van der Waals surface area contributed by atoms with Gasteiger partial charge in [0.1, 0.15) is 5.75 Å². The summed E-state index contributed by atoms with van der Waals surface area (Å²) >= 11 is 0. The monoisotopic (exact) mass is 337 g/mol. The van der Waals surface area contributed by atoms with Crippen LogP contribution in [0.1, 0.15) is 28.3 Å². The summed E-state index contributed by atoms with van der Waals surface area (Å²) in [5.41, 5.74) is 0.171. The molecule has 7 heteroatoms. The van der Waals surface area contributed by atoms with Crippen molar-refractivity contribution in [2.75, 3.05) is 13.2 Å². The van der Waals surface area contributed by atoms with Crippen LogP contribution < -0.4 is 10.1 Å². The summed E-state index contributed by atoms with van der Waals surface area (Å²) in [6.07, 6.45) is 0.656. The largest absolute Gasteiger partial charge is 0.503 e. The minimum Gasteiger partial charge on any atom is -0.503 e. The quantitative estimate of drug-likeness (QED) is 0.846. The fraction of sp³-hybridized carbons (Fsp3) is 0.235.